The Hall–Kier alpha value is -2.70. The zero-order chi connectivity index (χ0) is 17.6. The molecule has 1 saturated heterocycles. The molecule has 2 aromatic rings. The Morgan fingerprint density at radius 1 is 1.32 bits per heavy atom. The first-order chi connectivity index (χ1) is 12.1. The first-order valence-electron chi connectivity index (χ1n) is 8.54. The molecule has 0 saturated carbocycles. The molecule has 0 spiro atoms. The largest absolute Gasteiger partial charge is 0.368 e. The van der Waals surface area contributed by atoms with E-state index < -0.39 is 5.82 Å². The Kier molecular flexibility index (Phi) is 3.78. The highest BCUT2D eigenvalue weighted by Gasteiger charge is 2.45. The van der Waals surface area contributed by atoms with Crippen LogP contribution in [0.25, 0.3) is 0 Å². The normalized spacial score (nSPS) is 20.5. The smallest absolute Gasteiger partial charge is 0.229 e. The molecule has 2 N–H and O–H groups in total. The van der Waals surface area contributed by atoms with E-state index in [1.165, 1.54) is 11.1 Å². The summed E-state index contributed by atoms with van der Waals surface area (Å²) in [6.45, 7) is 4.09. The fourth-order valence-electron chi connectivity index (χ4n) is 3.95. The average Bonchev–Trinajstić information content (AvgIpc) is 3.15. The van der Waals surface area contributed by atoms with Gasteiger partial charge < -0.3 is 15.5 Å². The molecule has 3 heterocycles. The van der Waals surface area contributed by atoms with Crippen molar-refractivity contribution in [3.05, 3.63) is 41.3 Å². The van der Waals surface area contributed by atoms with Crippen LogP contribution in [0.4, 0.5) is 21.8 Å². The van der Waals surface area contributed by atoms with E-state index in [4.69, 9.17) is 0 Å². The van der Waals surface area contributed by atoms with E-state index in [-0.39, 0.29) is 23.8 Å². The second kappa shape index (κ2) is 5.98. The molecule has 130 valence electrons. The van der Waals surface area contributed by atoms with Gasteiger partial charge in [0.1, 0.15) is 0 Å². The molecule has 1 fully saturated rings. The van der Waals surface area contributed by atoms with Crippen LogP contribution in [-0.4, -0.2) is 27.3 Å². The number of hydrogen-bond donors (Lipinski definition) is 2. The van der Waals surface area contributed by atoms with Crippen molar-refractivity contribution in [2.45, 2.75) is 38.8 Å². The number of carbonyl (C=O) groups excluding carboxylic acids is 1. The molecule has 7 heteroatoms. The van der Waals surface area contributed by atoms with E-state index >= 15 is 0 Å². The number of carbonyl (C=O) groups is 1. The summed E-state index contributed by atoms with van der Waals surface area (Å²) < 4.78 is 13.6. The van der Waals surface area contributed by atoms with E-state index in [9.17, 15) is 9.18 Å². The molecule has 2 aliphatic heterocycles. The van der Waals surface area contributed by atoms with Crippen molar-refractivity contribution in [2.75, 3.05) is 17.2 Å². The molecule has 2 bridgehead atoms. The molecule has 2 atom stereocenters. The van der Waals surface area contributed by atoms with Crippen molar-refractivity contribution < 1.29 is 9.18 Å². The second-order valence-corrected chi connectivity index (χ2v) is 6.42. The minimum Gasteiger partial charge on any atom is -0.368 e. The van der Waals surface area contributed by atoms with Gasteiger partial charge in [-0.3, -0.25) is 4.79 Å². The summed E-state index contributed by atoms with van der Waals surface area (Å²) in [7, 11) is 0. The number of nitrogens with zero attached hydrogens (tertiary/aromatic N) is 3. The third kappa shape index (κ3) is 2.59. The summed E-state index contributed by atoms with van der Waals surface area (Å²) >= 11 is 0. The van der Waals surface area contributed by atoms with E-state index in [1.54, 1.807) is 6.92 Å². The van der Waals surface area contributed by atoms with Crippen LogP contribution in [0.2, 0.25) is 0 Å². The maximum atomic E-state index is 13.6. The summed E-state index contributed by atoms with van der Waals surface area (Å²) in [5.74, 6) is 0.165. The van der Waals surface area contributed by atoms with Crippen LogP contribution < -0.4 is 10.6 Å². The highest BCUT2D eigenvalue weighted by atomic mass is 19.1. The van der Waals surface area contributed by atoms with Gasteiger partial charge in [-0.25, -0.2) is 9.37 Å². The van der Waals surface area contributed by atoms with Crippen LogP contribution in [0.5, 0.6) is 0 Å². The third-order valence-electron chi connectivity index (χ3n) is 4.90. The van der Waals surface area contributed by atoms with Gasteiger partial charge in [0.05, 0.1) is 18.3 Å². The van der Waals surface area contributed by atoms with Crippen LogP contribution >= 0.6 is 0 Å². The summed E-state index contributed by atoms with van der Waals surface area (Å²) in [5.41, 5.74) is 3.25. The summed E-state index contributed by atoms with van der Waals surface area (Å²) in [6.07, 6.45) is 3.18. The van der Waals surface area contributed by atoms with Crippen LogP contribution in [-0.2, 0) is 4.79 Å². The van der Waals surface area contributed by atoms with E-state index in [2.05, 4.69) is 32.7 Å². The number of benzene rings is 1. The molecule has 0 radical (unpaired) electrons. The fraction of sp³-hybridized carbons (Fsp3) is 0.389. The van der Waals surface area contributed by atoms with Crippen molar-refractivity contribution in [3.8, 4) is 0 Å². The molecule has 4 rings (SSSR count). The van der Waals surface area contributed by atoms with Crippen molar-refractivity contribution in [2.24, 2.45) is 0 Å². The number of rotatable bonds is 4. The van der Waals surface area contributed by atoms with Gasteiger partial charge >= 0.3 is 0 Å². The molecule has 0 unspecified atom stereocenters. The summed E-state index contributed by atoms with van der Waals surface area (Å²) in [6, 6.07) is 6.43. The van der Waals surface area contributed by atoms with Crippen LogP contribution in [0, 0.1) is 5.82 Å². The SMILES string of the molecule is CCNc1nc(Nc2ccc3c(c2)[C@H]2CC[C@@H]3N2C(C)=O)ncc1F. The zero-order valence-electron chi connectivity index (χ0n) is 14.2. The Balaban J connectivity index is 1.61. The number of halogens is 1. The van der Waals surface area contributed by atoms with Gasteiger partial charge in [-0.2, -0.15) is 4.98 Å². The third-order valence-corrected chi connectivity index (χ3v) is 4.90. The van der Waals surface area contributed by atoms with Gasteiger partial charge in [0.25, 0.3) is 0 Å². The highest BCUT2D eigenvalue weighted by molar-refractivity contribution is 5.77. The number of aromatic nitrogens is 2. The van der Waals surface area contributed by atoms with Gasteiger partial charge in [-0.05, 0) is 43.0 Å². The average molecular weight is 341 g/mol. The van der Waals surface area contributed by atoms with Crippen LogP contribution in [0.3, 0.4) is 0 Å². The van der Waals surface area contributed by atoms with Gasteiger partial charge in [-0.15, -0.1) is 0 Å². The number of amides is 1. The molecule has 6 nitrogen and oxygen atoms in total. The monoisotopic (exact) mass is 341 g/mol. The van der Waals surface area contributed by atoms with Crippen LogP contribution in [0.15, 0.2) is 24.4 Å². The Morgan fingerprint density at radius 2 is 2.08 bits per heavy atom. The standard InChI is InChI=1S/C18H20FN5O/c1-3-20-17-14(19)9-21-18(23-17)22-11-4-5-12-13(8-11)16-7-6-15(12)24(16)10(2)25/h4-5,8-9,15-16H,3,6-7H2,1-2H3,(H2,20,21,22,23)/t15-,16+/m0/s1. The van der Waals surface area contributed by atoms with Crippen molar-refractivity contribution in [1.29, 1.82) is 0 Å². The predicted octanol–water partition coefficient (Wildman–Crippen LogP) is 3.53. The fourth-order valence-corrected chi connectivity index (χ4v) is 3.95. The summed E-state index contributed by atoms with van der Waals surface area (Å²) in [4.78, 5) is 22.1. The molecule has 1 aromatic heterocycles. The number of nitrogens with one attached hydrogen (secondary N) is 2. The molecule has 2 aliphatic rings. The van der Waals surface area contributed by atoms with Gasteiger partial charge in [0.15, 0.2) is 11.6 Å². The lowest BCUT2D eigenvalue weighted by atomic mass is 9.91. The zero-order valence-corrected chi connectivity index (χ0v) is 14.2. The first-order valence-corrected chi connectivity index (χ1v) is 8.54. The molecular weight excluding hydrogens is 321 g/mol. The lowest BCUT2D eigenvalue weighted by Crippen LogP contribution is -2.24. The highest BCUT2D eigenvalue weighted by Crippen LogP contribution is 2.53. The Labute approximate surface area is 145 Å². The van der Waals surface area contributed by atoms with Crippen molar-refractivity contribution >= 4 is 23.4 Å². The van der Waals surface area contributed by atoms with Gasteiger partial charge in [0, 0.05) is 19.2 Å². The van der Waals surface area contributed by atoms with Crippen molar-refractivity contribution in [1.82, 2.24) is 14.9 Å². The van der Waals surface area contributed by atoms with Crippen molar-refractivity contribution in [3.63, 3.8) is 0 Å². The lowest BCUT2D eigenvalue weighted by molar-refractivity contribution is -0.131. The number of anilines is 3. The number of hydrogen-bond acceptors (Lipinski definition) is 5. The Morgan fingerprint density at radius 3 is 2.80 bits per heavy atom. The van der Waals surface area contributed by atoms with Gasteiger partial charge in [0.2, 0.25) is 11.9 Å². The minimum absolute atomic E-state index is 0.121. The molecule has 1 amide bonds. The molecule has 1 aromatic carbocycles. The molecule has 25 heavy (non-hydrogen) atoms. The van der Waals surface area contributed by atoms with Gasteiger partial charge in [-0.1, -0.05) is 6.07 Å². The summed E-state index contributed by atoms with van der Waals surface area (Å²) in [5, 5.41) is 6.00. The topological polar surface area (TPSA) is 70.2 Å². The molecule has 0 aliphatic carbocycles. The maximum absolute atomic E-state index is 13.6. The predicted molar refractivity (Wildman–Crippen MR) is 93.1 cm³/mol. The van der Waals surface area contributed by atoms with E-state index in [1.807, 2.05) is 17.9 Å². The quantitative estimate of drug-likeness (QED) is 0.890. The first kappa shape index (κ1) is 15.8. The lowest BCUT2D eigenvalue weighted by Gasteiger charge is -2.20. The minimum atomic E-state index is -0.476. The number of fused-ring (bicyclic) bond motifs is 5. The Bertz CT molecular complexity index is 840. The molecular formula is C18H20FN5O. The second-order valence-electron chi connectivity index (χ2n) is 6.42. The van der Waals surface area contributed by atoms with E-state index in [0.717, 1.165) is 24.7 Å². The van der Waals surface area contributed by atoms with Crippen LogP contribution in [0.1, 0.15) is 49.9 Å². The van der Waals surface area contributed by atoms with E-state index in [0.29, 0.717) is 12.5 Å². The maximum Gasteiger partial charge on any atom is 0.229 e.